The lowest BCUT2D eigenvalue weighted by molar-refractivity contribution is -0.173. The SMILES string of the molecule is C=C1C(=O)O[C@@H]2/C=C(/C)CC/C=C(/C(=O)OC)[C@H](OC(C)=O)[C@H](OC(=O)[C@]3(C)O[C@H]3C)[C@H]12. The predicted molar refractivity (Wildman–Crippen MR) is 110 cm³/mol. The zero-order valence-electron chi connectivity index (χ0n) is 18.8. The molecule has 0 bridgehead atoms. The molecule has 9 nitrogen and oxygen atoms in total. The number of esters is 4. The van der Waals surface area contributed by atoms with Crippen LogP contribution in [0.4, 0.5) is 0 Å². The van der Waals surface area contributed by atoms with E-state index in [4.69, 9.17) is 23.7 Å². The number of carbonyl (C=O) groups excluding carboxylic acids is 4. The number of methoxy groups -OCH3 is 1. The molecule has 6 atom stereocenters. The van der Waals surface area contributed by atoms with Crippen LogP contribution in [0.3, 0.4) is 0 Å². The van der Waals surface area contributed by atoms with Crippen molar-refractivity contribution in [2.75, 3.05) is 7.11 Å². The number of fused-ring (bicyclic) bond motifs is 1. The Bertz CT molecular complexity index is 914. The quantitative estimate of drug-likeness (QED) is 0.209. The van der Waals surface area contributed by atoms with Gasteiger partial charge in [0.15, 0.2) is 17.8 Å². The van der Waals surface area contributed by atoms with Gasteiger partial charge in [0.1, 0.15) is 6.10 Å². The average Bonchev–Trinajstić information content (AvgIpc) is 3.25. The van der Waals surface area contributed by atoms with E-state index in [-0.39, 0.29) is 17.3 Å². The fraction of sp³-hybridized carbons (Fsp3) is 0.565. The van der Waals surface area contributed by atoms with Crippen LogP contribution in [-0.4, -0.2) is 61.0 Å². The van der Waals surface area contributed by atoms with Crippen LogP contribution in [0, 0.1) is 5.92 Å². The molecule has 3 rings (SSSR count). The summed E-state index contributed by atoms with van der Waals surface area (Å²) in [5, 5.41) is 0. The Labute approximate surface area is 186 Å². The largest absolute Gasteiger partial charge is 0.466 e. The molecule has 0 spiro atoms. The zero-order valence-corrected chi connectivity index (χ0v) is 18.8. The highest BCUT2D eigenvalue weighted by molar-refractivity contribution is 5.93. The third-order valence-corrected chi connectivity index (χ3v) is 6.07. The highest BCUT2D eigenvalue weighted by atomic mass is 16.7. The van der Waals surface area contributed by atoms with E-state index in [2.05, 4.69) is 6.58 Å². The molecule has 2 heterocycles. The molecule has 32 heavy (non-hydrogen) atoms. The van der Waals surface area contributed by atoms with E-state index < -0.39 is 53.7 Å². The number of epoxide rings is 1. The fourth-order valence-electron chi connectivity index (χ4n) is 3.98. The van der Waals surface area contributed by atoms with E-state index in [0.717, 1.165) is 5.57 Å². The molecule has 2 aliphatic heterocycles. The number of carbonyl (C=O) groups is 4. The molecule has 0 N–H and O–H groups in total. The molecular formula is C23H28O9. The molecule has 2 fully saturated rings. The minimum absolute atomic E-state index is 0.0102. The van der Waals surface area contributed by atoms with Gasteiger partial charge in [-0.1, -0.05) is 18.2 Å². The summed E-state index contributed by atoms with van der Waals surface area (Å²) in [4.78, 5) is 50.0. The van der Waals surface area contributed by atoms with Crippen molar-refractivity contribution < 1.29 is 42.9 Å². The van der Waals surface area contributed by atoms with Crippen LogP contribution in [0.1, 0.15) is 40.5 Å². The fourth-order valence-corrected chi connectivity index (χ4v) is 3.98. The second kappa shape index (κ2) is 8.90. The molecule has 0 saturated carbocycles. The van der Waals surface area contributed by atoms with Crippen LogP contribution in [-0.2, 0) is 42.9 Å². The molecule has 0 radical (unpaired) electrons. The molecule has 0 aromatic rings. The van der Waals surface area contributed by atoms with Gasteiger partial charge in [0.2, 0.25) is 0 Å². The topological polar surface area (TPSA) is 118 Å². The Morgan fingerprint density at radius 1 is 1.25 bits per heavy atom. The maximum atomic E-state index is 13.0. The van der Waals surface area contributed by atoms with Crippen molar-refractivity contribution in [3.8, 4) is 0 Å². The lowest BCUT2D eigenvalue weighted by atomic mass is 9.83. The van der Waals surface area contributed by atoms with Crippen molar-refractivity contribution in [2.24, 2.45) is 5.92 Å². The van der Waals surface area contributed by atoms with Gasteiger partial charge in [0.05, 0.1) is 24.7 Å². The molecule has 9 heteroatoms. The standard InChI is InChI=1S/C23H28O9/c1-11-8-7-9-15(21(26)28-6)18(29-14(4)24)19(31-22(27)23(5)13(3)32-23)17-12(2)20(25)30-16(17)10-11/h9-10,13,16-19H,2,7-8H2,1,3-6H3/b11-10-,15-9+/t13-,16+,17+,18-,19+,23+/m0/s1. The number of hydrogen-bond donors (Lipinski definition) is 0. The van der Waals surface area contributed by atoms with Crippen LogP contribution < -0.4 is 0 Å². The van der Waals surface area contributed by atoms with Gasteiger partial charge >= 0.3 is 23.9 Å². The van der Waals surface area contributed by atoms with Crippen LogP contribution >= 0.6 is 0 Å². The number of hydrogen-bond acceptors (Lipinski definition) is 9. The first kappa shape index (κ1) is 23.7. The Morgan fingerprint density at radius 3 is 2.47 bits per heavy atom. The Hall–Kier alpha value is -2.94. The van der Waals surface area contributed by atoms with Crippen molar-refractivity contribution in [3.63, 3.8) is 0 Å². The first-order valence-electron chi connectivity index (χ1n) is 10.4. The third kappa shape index (κ3) is 4.48. The number of ether oxygens (including phenoxy) is 5. The summed E-state index contributed by atoms with van der Waals surface area (Å²) < 4.78 is 27.1. The Balaban J connectivity index is 2.14. The lowest BCUT2D eigenvalue weighted by Gasteiger charge is -2.33. The van der Waals surface area contributed by atoms with Gasteiger partial charge in [0, 0.05) is 12.5 Å². The Kier molecular flexibility index (Phi) is 6.59. The maximum Gasteiger partial charge on any atom is 0.341 e. The third-order valence-electron chi connectivity index (χ3n) is 6.07. The van der Waals surface area contributed by atoms with E-state index >= 15 is 0 Å². The molecule has 1 aliphatic carbocycles. The smallest absolute Gasteiger partial charge is 0.341 e. The predicted octanol–water partition coefficient (Wildman–Crippen LogP) is 1.94. The van der Waals surface area contributed by atoms with Crippen LogP contribution in [0.5, 0.6) is 0 Å². The summed E-state index contributed by atoms with van der Waals surface area (Å²) in [7, 11) is 1.20. The monoisotopic (exact) mass is 448 g/mol. The van der Waals surface area contributed by atoms with Gasteiger partial charge < -0.3 is 23.7 Å². The van der Waals surface area contributed by atoms with E-state index in [1.54, 1.807) is 26.0 Å². The van der Waals surface area contributed by atoms with Gasteiger partial charge in [-0.25, -0.2) is 14.4 Å². The van der Waals surface area contributed by atoms with Crippen LogP contribution in [0.15, 0.2) is 35.5 Å². The van der Waals surface area contributed by atoms with E-state index in [0.29, 0.717) is 12.8 Å². The van der Waals surface area contributed by atoms with E-state index in [9.17, 15) is 19.2 Å². The minimum atomic E-state index is -1.34. The first-order chi connectivity index (χ1) is 15.0. The number of allylic oxidation sites excluding steroid dienone is 2. The molecule has 0 amide bonds. The second-order valence-corrected chi connectivity index (χ2v) is 8.39. The zero-order chi connectivity index (χ0) is 23.8. The van der Waals surface area contributed by atoms with Gasteiger partial charge in [-0.2, -0.15) is 0 Å². The van der Waals surface area contributed by atoms with Gasteiger partial charge in [0.25, 0.3) is 0 Å². The van der Waals surface area contributed by atoms with Crippen molar-refractivity contribution >= 4 is 23.9 Å². The summed E-state index contributed by atoms with van der Waals surface area (Å²) in [6, 6.07) is 0. The molecular weight excluding hydrogens is 420 g/mol. The molecule has 0 unspecified atom stereocenters. The van der Waals surface area contributed by atoms with Gasteiger partial charge in [-0.3, -0.25) is 4.79 Å². The summed E-state index contributed by atoms with van der Waals surface area (Å²) in [5.74, 6) is -3.70. The molecule has 0 aromatic heterocycles. The number of rotatable bonds is 4. The summed E-state index contributed by atoms with van der Waals surface area (Å²) in [6.07, 6.45) is 0.540. The van der Waals surface area contributed by atoms with Crippen molar-refractivity contribution in [1.82, 2.24) is 0 Å². The van der Waals surface area contributed by atoms with Crippen molar-refractivity contribution in [3.05, 3.63) is 35.5 Å². The minimum Gasteiger partial charge on any atom is -0.466 e. The first-order valence-corrected chi connectivity index (χ1v) is 10.4. The Morgan fingerprint density at radius 2 is 1.91 bits per heavy atom. The lowest BCUT2D eigenvalue weighted by Crippen LogP contribution is -2.47. The molecule has 2 saturated heterocycles. The maximum absolute atomic E-state index is 13.0. The molecule has 0 aromatic carbocycles. The summed E-state index contributed by atoms with van der Waals surface area (Å²) in [5.41, 5.74) is -0.216. The summed E-state index contributed by atoms with van der Waals surface area (Å²) >= 11 is 0. The molecule has 174 valence electrons. The highest BCUT2D eigenvalue weighted by Gasteiger charge is 2.59. The van der Waals surface area contributed by atoms with E-state index in [1.807, 2.05) is 6.92 Å². The van der Waals surface area contributed by atoms with Gasteiger partial charge in [-0.05, 0) is 39.7 Å². The summed E-state index contributed by atoms with van der Waals surface area (Å²) in [6.45, 7) is 10.2. The van der Waals surface area contributed by atoms with Crippen LogP contribution in [0.2, 0.25) is 0 Å². The van der Waals surface area contributed by atoms with Crippen LogP contribution in [0.25, 0.3) is 0 Å². The second-order valence-electron chi connectivity index (χ2n) is 8.39. The normalized spacial score (nSPS) is 37.6. The van der Waals surface area contributed by atoms with Crippen molar-refractivity contribution in [1.29, 1.82) is 0 Å². The van der Waals surface area contributed by atoms with Gasteiger partial charge in [-0.15, -0.1) is 0 Å². The van der Waals surface area contributed by atoms with Crippen molar-refractivity contribution in [2.45, 2.75) is 70.6 Å². The van der Waals surface area contributed by atoms with E-state index in [1.165, 1.54) is 14.0 Å². The highest BCUT2D eigenvalue weighted by Crippen LogP contribution is 2.41. The molecule has 3 aliphatic rings. The average molecular weight is 448 g/mol.